The Bertz CT molecular complexity index is 270. The van der Waals surface area contributed by atoms with E-state index >= 15 is 0 Å². The Morgan fingerprint density at radius 2 is 1.85 bits per heavy atom. The van der Waals surface area contributed by atoms with Crippen molar-refractivity contribution in [2.75, 3.05) is 0 Å². The molecule has 70 valence electrons. The molecule has 0 bridgehead atoms. The largest absolute Gasteiger partial charge is 0.410 e. The van der Waals surface area contributed by atoms with Crippen LogP contribution >= 0.6 is 0 Å². The minimum atomic E-state index is -3.06. The zero-order chi connectivity index (χ0) is 9.73. The van der Waals surface area contributed by atoms with Gasteiger partial charge in [0.1, 0.15) is 0 Å². The summed E-state index contributed by atoms with van der Waals surface area (Å²) in [7, 11) is -3.06. The SMILES string of the molecule is C=CC[Si](O)(O)Cc1ccccc1. The van der Waals surface area contributed by atoms with Crippen LogP contribution in [0.1, 0.15) is 5.56 Å². The molecule has 0 aliphatic rings. The minimum absolute atomic E-state index is 0.321. The first kappa shape index (κ1) is 10.2. The molecule has 1 aromatic carbocycles. The number of hydrogen-bond acceptors (Lipinski definition) is 2. The molecule has 0 fully saturated rings. The van der Waals surface area contributed by atoms with Gasteiger partial charge < -0.3 is 9.59 Å². The van der Waals surface area contributed by atoms with Gasteiger partial charge in [0, 0.05) is 12.1 Å². The van der Waals surface area contributed by atoms with Gasteiger partial charge in [-0.3, -0.25) is 0 Å². The summed E-state index contributed by atoms with van der Waals surface area (Å²) in [4.78, 5) is 19.2. The predicted octanol–water partition coefficient (Wildman–Crippen LogP) is 1.38. The van der Waals surface area contributed by atoms with E-state index in [9.17, 15) is 9.59 Å². The fraction of sp³-hybridized carbons (Fsp3) is 0.200. The van der Waals surface area contributed by atoms with E-state index in [4.69, 9.17) is 0 Å². The molecule has 0 heterocycles. The average molecular weight is 194 g/mol. The van der Waals surface area contributed by atoms with Gasteiger partial charge in [-0.15, -0.1) is 6.58 Å². The van der Waals surface area contributed by atoms with Crippen LogP contribution in [0.3, 0.4) is 0 Å². The summed E-state index contributed by atoms with van der Waals surface area (Å²) in [6, 6.07) is 10.2. The van der Waals surface area contributed by atoms with E-state index in [0.29, 0.717) is 12.1 Å². The lowest BCUT2D eigenvalue weighted by molar-refractivity contribution is 0.363. The molecule has 0 aliphatic carbocycles. The van der Waals surface area contributed by atoms with Gasteiger partial charge in [-0.25, -0.2) is 0 Å². The van der Waals surface area contributed by atoms with E-state index in [-0.39, 0.29) is 0 Å². The van der Waals surface area contributed by atoms with Gasteiger partial charge >= 0.3 is 8.56 Å². The summed E-state index contributed by atoms with van der Waals surface area (Å²) in [6.45, 7) is 3.50. The minimum Gasteiger partial charge on any atom is -0.410 e. The lowest BCUT2D eigenvalue weighted by Gasteiger charge is -2.15. The standard InChI is InChI=1S/C10H14O2Si/c1-2-8-13(11,12)9-10-6-4-3-5-7-10/h2-7,11-12H,1,8-9H2. The van der Waals surface area contributed by atoms with E-state index in [1.54, 1.807) is 6.08 Å². The highest BCUT2D eigenvalue weighted by atomic mass is 28.4. The number of benzene rings is 1. The highest BCUT2D eigenvalue weighted by Crippen LogP contribution is 2.10. The molecule has 0 atom stereocenters. The summed E-state index contributed by atoms with van der Waals surface area (Å²) >= 11 is 0. The van der Waals surface area contributed by atoms with Crippen LogP contribution in [-0.4, -0.2) is 18.2 Å². The lowest BCUT2D eigenvalue weighted by Crippen LogP contribution is -2.37. The first-order valence-corrected chi connectivity index (χ1v) is 6.54. The van der Waals surface area contributed by atoms with Crippen molar-refractivity contribution in [2.24, 2.45) is 0 Å². The molecule has 2 nitrogen and oxygen atoms in total. The zero-order valence-corrected chi connectivity index (χ0v) is 8.48. The molecular weight excluding hydrogens is 180 g/mol. The second-order valence-electron chi connectivity index (χ2n) is 3.14. The summed E-state index contributed by atoms with van der Waals surface area (Å²) in [5.74, 6) is 0. The van der Waals surface area contributed by atoms with Crippen LogP contribution in [0.2, 0.25) is 6.04 Å². The van der Waals surface area contributed by atoms with Gasteiger partial charge in [0.2, 0.25) is 0 Å². The van der Waals surface area contributed by atoms with Crippen LogP contribution in [0.25, 0.3) is 0 Å². The third-order valence-corrected chi connectivity index (χ3v) is 3.72. The monoisotopic (exact) mass is 194 g/mol. The van der Waals surface area contributed by atoms with E-state index in [1.165, 1.54) is 0 Å². The van der Waals surface area contributed by atoms with Crippen LogP contribution in [-0.2, 0) is 6.04 Å². The molecular formula is C10H14O2Si. The third-order valence-electron chi connectivity index (χ3n) is 1.80. The summed E-state index contributed by atoms with van der Waals surface area (Å²) in [5.41, 5.74) is 0.973. The first-order valence-electron chi connectivity index (χ1n) is 4.24. The highest BCUT2D eigenvalue weighted by Gasteiger charge is 2.27. The topological polar surface area (TPSA) is 40.5 Å². The second-order valence-corrected chi connectivity index (χ2v) is 5.86. The van der Waals surface area contributed by atoms with E-state index in [2.05, 4.69) is 6.58 Å². The molecule has 1 aromatic rings. The van der Waals surface area contributed by atoms with Gasteiger partial charge in [-0.2, -0.15) is 0 Å². The summed E-state index contributed by atoms with van der Waals surface area (Å²) < 4.78 is 0. The summed E-state index contributed by atoms with van der Waals surface area (Å²) in [5, 5.41) is 0. The molecule has 3 heteroatoms. The molecule has 2 N–H and O–H groups in total. The van der Waals surface area contributed by atoms with Crippen molar-refractivity contribution in [1.82, 2.24) is 0 Å². The maximum absolute atomic E-state index is 9.59. The normalized spacial score (nSPS) is 11.2. The number of allylic oxidation sites excluding steroid dienone is 1. The van der Waals surface area contributed by atoms with Crippen LogP contribution in [0.4, 0.5) is 0 Å². The fourth-order valence-electron chi connectivity index (χ4n) is 1.23. The Balaban J connectivity index is 2.63. The molecule has 0 radical (unpaired) electrons. The Labute approximate surface area is 79.4 Å². The van der Waals surface area contributed by atoms with E-state index in [1.807, 2.05) is 30.3 Å². The van der Waals surface area contributed by atoms with Gasteiger partial charge in [-0.05, 0) is 5.56 Å². The van der Waals surface area contributed by atoms with Crippen molar-refractivity contribution >= 4 is 8.56 Å². The second kappa shape index (κ2) is 4.37. The molecule has 0 aromatic heterocycles. The average Bonchev–Trinajstić information content (AvgIpc) is 2.04. The summed E-state index contributed by atoms with van der Waals surface area (Å²) in [6.07, 6.45) is 1.56. The van der Waals surface area contributed by atoms with Crippen LogP contribution in [0, 0.1) is 0 Å². The molecule has 13 heavy (non-hydrogen) atoms. The molecule has 1 rings (SSSR count). The zero-order valence-electron chi connectivity index (χ0n) is 7.48. The van der Waals surface area contributed by atoms with Crippen LogP contribution in [0.15, 0.2) is 43.0 Å². The quantitative estimate of drug-likeness (QED) is 0.561. The fourth-order valence-corrected chi connectivity index (χ4v) is 2.72. The predicted molar refractivity (Wildman–Crippen MR) is 55.3 cm³/mol. The molecule has 0 unspecified atom stereocenters. The maximum Gasteiger partial charge on any atom is 0.341 e. The van der Waals surface area contributed by atoms with Crippen molar-refractivity contribution in [3.8, 4) is 0 Å². The third kappa shape index (κ3) is 3.54. The van der Waals surface area contributed by atoms with Gasteiger partial charge in [0.15, 0.2) is 0 Å². The van der Waals surface area contributed by atoms with Crippen molar-refractivity contribution in [3.05, 3.63) is 48.6 Å². The van der Waals surface area contributed by atoms with E-state index < -0.39 is 8.56 Å². The first-order chi connectivity index (χ1) is 6.14. The lowest BCUT2D eigenvalue weighted by atomic mass is 10.2. The smallest absolute Gasteiger partial charge is 0.341 e. The Morgan fingerprint density at radius 1 is 1.23 bits per heavy atom. The van der Waals surface area contributed by atoms with Crippen molar-refractivity contribution in [3.63, 3.8) is 0 Å². The van der Waals surface area contributed by atoms with Crippen LogP contribution < -0.4 is 0 Å². The van der Waals surface area contributed by atoms with Crippen molar-refractivity contribution in [2.45, 2.75) is 12.1 Å². The molecule has 0 aliphatic heterocycles. The van der Waals surface area contributed by atoms with Gasteiger partial charge in [0.25, 0.3) is 0 Å². The Morgan fingerprint density at radius 3 is 2.38 bits per heavy atom. The van der Waals surface area contributed by atoms with E-state index in [0.717, 1.165) is 5.56 Å². The van der Waals surface area contributed by atoms with Gasteiger partial charge in [-0.1, -0.05) is 36.4 Å². The molecule has 0 saturated heterocycles. The molecule has 0 amide bonds. The van der Waals surface area contributed by atoms with Crippen LogP contribution in [0.5, 0.6) is 0 Å². The Hall–Kier alpha value is -0.903. The number of rotatable bonds is 4. The molecule has 0 spiro atoms. The Kier molecular flexibility index (Phi) is 3.42. The van der Waals surface area contributed by atoms with Crippen molar-refractivity contribution < 1.29 is 9.59 Å². The highest BCUT2D eigenvalue weighted by molar-refractivity contribution is 6.64. The number of hydrogen-bond donors (Lipinski definition) is 2. The van der Waals surface area contributed by atoms with Crippen molar-refractivity contribution in [1.29, 1.82) is 0 Å². The van der Waals surface area contributed by atoms with Gasteiger partial charge in [0.05, 0.1) is 0 Å². The maximum atomic E-state index is 9.59. The molecule has 0 saturated carbocycles.